The molecule has 1 amide bonds. The Kier molecular flexibility index (Phi) is 4.47. The smallest absolute Gasteiger partial charge is 0.265 e. The number of amides is 1. The second-order valence-corrected chi connectivity index (χ2v) is 5.87. The van der Waals surface area contributed by atoms with Gasteiger partial charge in [0.25, 0.3) is 11.5 Å². The first kappa shape index (κ1) is 15.0. The van der Waals surface area contributed by atoms with Gasteiger partial charge in [-0.25, -0.2) is 0 Å². The van der Waals surface area contributed by atoms with Crippen molar-refractivity contribution in [1.29, 1.82) is 0 Å². The van der Waals surface area contributed by atoms with Crippen molar-refractivity contribution in [1.82, 2.24) is 4.57 Å². The van der Waals surface area contributed by atoms with E-state index < -0.39 is 17.4 Å². The molecular formula is C12H9Cl2FN2O2S. The van der Waals surface area contributed by atoms with Gasteiger partial charge in [-0.05, 0) is 19.1 Å². The molecule has 0 aliphatic rings. The summed E-state index contributed by atoms with van der Waals surface area (Å²) in [6.07, 6.45) is 0. The van der Waals surface area contributed by atoms with Gasteiger partial charge in [-0.15, -0.1) is 11.3 Å². The lowest BCUT2D eigenvalue weighted by Crippen LogP contribution is -2.23. The maximum atomic E-state index is 14.0. The SMILES string of the molecule is CCn1c(F)c(NC(=O)c2cc(Cl)c(Cl)s2)ccc1=O. The molecular weight excluding hydrogens is 326 g/mol. The summed E-state index contributed by atoms with van der Waals surface area (Å²) in [7, 11) is 0. The van der Waals surface area contributed by atoms with Gasteiger partial charge in [0.05, 0.1) is 15.6 Å². The molecule has 1 N–H and O–H groups in total. The number of anilines is 1. The first-order chi connectivity index (χ1) is 9.43. The van der Waals surface area contributed by atoms with Gasteiger partial charge in [0.1, 0.15) is 4.34 Å². The van der Waals surface area contributed by atoms with Gasteiger partial charge in [0, 0.05) is 12.6 Å². The number of hydrogen-bond donors (Lipinski definition) is 1. The Morgan fingerprint density at radius 1 is 1.45 bits per heavy atom. The van der Waals surface area contributed by atoms with Crippen LogP contribution in [0.1, 0.15) is 16.6 Å². The number of halogens is 3. The van der Waals surface area contributed by atoms with Gasteiger partial charge in [-0.2, -0.15) is 4.39 Å². The molecule has 0 spiro atoms. The van der Waals surface area contributed by atoms with Gasteiger partial charge < -0.3 is 5.32 Å². The Bertz CT molecular complexity index is 707. The molecule has 8 heteroatoms. The summed E-state index contributed by atoms with van der Waals surface area (Å²) in [4.78, 5) is 23.6. The zero-order valence-electron chi connectivity index (χ0n) is 10.2. The van der Waals surface area contributed by atoms with Crippen LogP contribution in [-0.2, 0) is 6.54 Å². The lowest BCUT2D eigenvalue weighted by molar-refractivity contribution is 0.103. The summed E-state index contributed by atoms with van der Waals surface area (Å²) >= 11 is 12.5. The molecule has 20 heavy (non-hydrogen) atoms. The van der Waals surface area contributed by atoms with E-state index in [2.05, 4.69) is 5.32 Å². The Morgan fingerprint density at radius 2 is 2.15 bits per heavy atom. The molecule has 2 aromatic rings. The van der Waals surface area contributed by atoms with Crippen molar-refractivity contribution >= 4 is 46.1 Å². The number of pyridine rings is 1. The summed E-state index contributed by atoms with van der Waals surface area (Å²) in [5, 5.41) is 2.65. The molecule has 0 aliphatic heterocycles. The quantitative estimate of drug-likeness (QED) is 0.871. The van der Waals surface area contributed by atoms with Gasteiger partial charge in [0.15, 0.2) is 0 Å². The fourth-order valence-corrected chi connectivity index (χ4v) is 2.85. The van der Waals surface area contributed by atoms with Crippen molar-refractivity contribution < 1.29 is 9.18 Å². The number of nitrogens with zero attached hydrogens (tertiary/aromatic N) is 1. The summed E-state index contributed by atoms with van der Waals surface area (Å²) in [5.41, 5.74) is -0.540. The molecule has 0 fully saturated rings. The monoisotopic (exact) mass is 334 g/mol. The van der Waals surface area contributed by atoms with E-state index in [-0.39, 0.29) is 26.5 Å². The molecule has 0 unspecified atom stereocenters. The van der Waals surface area contributed by atoms with E-state index in [1.165, 1.54) is 18.2 Å². The third-order valence-corrected chi connectivity index (χ3v) is 4.42. The largest absolute Gasteiger partial charge is 0.317 e. The average molecular weight is 335 g/mol. The number of rotatable bonds is 3. The van der Waals surface area contributed by atoms with Gasteiger partial charge in [-0.3, -0.25) is 14.2 Å². The van der Waals surface area contributed by atoms with Crippen LogP contribution in [0.3, 0.4) is 0 Å². The van der Waals surface area contributed by atoms with Crippen molar-refractivity contribution in [2.24, 2.45) is 0 Å². The van der Waals surface area contributed by atoms with Crippen molar-refractivity contribution in [3.8, 4) is 0 Å². The number of carbonyl (C=O) groups is 1. The molecule has 2 heterocycles. The van der Waals surface area contributed by atoms with Crippen molar-refractivity contribution in [2.75, 3.05) is 5.32 Å². The Morgan fingerprint density at radius 3 is 2.70 bits per heavy atom. The summed E-state index contributed by atoms with van der Waals surface area (Å²) in [6.45, 7) is 1.81. The topological polar surface area (TPSA) is 51.1 Å². The van der Waals surface area contributed by atoms with Crippen LogP contribution >= 0.6 is 34.5 Å². The zero-order chi connectivity index (χ0) is 14.9. The molecule has 0 radical (unpaired) electrons. The normalized spacial score (nSPS) is 10.6. The van der Waals surface area contributed by atoms with Crippen molar-refractivity contribution in [2.45, 2.75) is 13.5 Å². The van der Waals surface area contributed by atoms with Crippen LogP contribution in [-0.4, -0.2) is 10.5 Å². The number of hydrogen-bond acceptors (Lipinski definition) is 3. The standard InChI is InChI=1S/C12H9Cl2FN2O2S/c1-2-17-9(18)4-3-7(11(17)15)16-12(19)8-5-6(13)10(14)20-8/h3-5H,2H2,1H3,(H,16,19). The van der Waals surface area contributed by atoms with Gasteiger partial charge in [0.2, 0.25) is 5.95 Å². The lowest BCUT2D eigenvalue weighted by atomic mass is 10.3. The Hall–Kier alpha value is -1.37. The van der Waals surface area contributed by atoms with Crippen LogP contribution < -0.4 is 10.9 Å². The van der Waals surface area contributed by atoms with Gasteiger partial charge >= 0.3 is 0 Å². The summed E-state index contributed by atoms with van der Waals surface area (Å²) < 4.78 is 15.2. The molecule has 0 aliphatic carbocycles. The van der Waals surface area contributed by atoms with Crippen molar-refractivity contribution in [3.63, 3.8) is 0 Å². The second-order valence-electron chi connectivity index (χ2n) is 3.81. The zero-order valence-corrected chi connectivity index (χ0v) is 12.6. The van der Waals surface area contributed by atoms with Gasteiger partial charge in [-0.1, -0.05) is 23.2 Å². The van der Waals surface area contributed by atoms with Crippen LogP contribution in [0.15, 0.2) is 23.0 Å². The fourth-order valence-electron chi connectivity index (χ4n) is 1.59. The highest BCUT2D eigenvalue weighted by atomic mass is 35.5. The fraction of sp³-hybridized carbons (Fsp3) is 0.167. The first-order valence-electron chi connectivity index (χ1n) is 5.59. The van der Waals surface area contributed by atoms with E-state index in [1.807, 2.05) is 0 Å². The number of carbonyl (C=O) groups excluding carboxylic acids is 1. The van der Waals surface area contributed by atoms with Crippen LogP contribution in [0.4, 0.5) is 10.1 Å². The minimum atomic E-state index is -0.790. The summed E-state index contributed by atoms with van der Waals surface area (Å²) in [5.74, 6) is -1.33. The van der Waals surface area contributed by atoms with E-state index in [9.17, 15) is 14.0 Å². The lowest BCUT2D eigenvalue weighted by Gasteiger charge is -2.09. The number of aromatic nitrogens is 1. The molecule has 0 bridgehead atoms. The molecule has 4 nitrogen and oxygen atoms in total. The van der Waals surface area contributed by atoms with Crippen molar-refractivity contribution in [3.05, 3.63) is 48.7 Å². The molecule has 106 valence electrons. The minimum absolute atomic E-state index is 0.0721. The van der Waals surface area contributed by atoms with E-state index in [1.54, 1.807) is 6.92 Å². The molecule has 0 aromatic carbocycles. The molecule has 2 rings (SSSR count). The highest BCUT2D eigenvalue weighted by Gasteiger charge is 2.16. The Labute approximate surface area is 127 Å². The molecule has 2 aromatic heterocycles. The molecule has 0 atom stereocenters. The predicted octanol–water partition coefficient (Wildman–Crippen LogP) is 3.63. The van der Waals surface area contributed by atoms with Crippen LogP contribution in [0, 0.1) is 5.95 Å². The van der Waals surface area contributed by atoms with Crippen LogP contribution in [0.25, 0.3) is 0 Å². The van der Waals surface area contributed by atoms with E-state index >= 15 is 0 Å². The highest BCUT2D eigenvalue weighted by molar-refractivity contribution is 7.18. The molecule has 0 saturated carbocycles. The van der Waals surface area contributed by atoms with E-state index in [0.29, 0.717) is 0 Å². The number of nitrogens with one attached hydrogen (secondary N) is 1. The highest BCUT2D eigenvalue weighted by Crippen LogP contribution is 2.32. The third-order valence-electron chi connectivity index (χ3n) is 2.55. The van der Waals surface area contributed by atoms with Crippen LogP contribution in [0.5, 0.6) is 0 Å². The second kappa shape index (κ2) is 5.95. The van der Waals surface area contributed by atoms with E-state index in [0.717, 1.165) is 15.9 Å². The minimum Gasteiger partial charge on any atom is -0.317 e. The molecule has 0 saturated heterocycles. The predicted molar refractivity (Wildman–Crippen MR) is 78.6 cm³/mol. The maximum Gasteiger partial charge on any atom is 0.265 e. The van der Waals surface area contributed by atoms with Crippen LogP contribution in [0.2, 0.25) is 9.36 Å². The maximum absolute atomic E-state index is 14.0. The average Bonchev–Trinajstić information content (AvgIpc) is 2.74. The number of thiophene rings is 1. The third kappa shape index (κ3) is 2.87. The summed E-state index contributed by atoms with van der Waals surface area (Å²) in [6, 6.07) is 3.81. The Balaban J connectivity index is 2.31. The van der Waals surface area contributed by atoms with E-state index in [4.69, 9.17) is 23.2 Å². The first-order valence-corrected chi connectivity index (χ1v) is 7.16.